The van der Waals surface area contributed by atoms with Gasteiger partial charge >= 0.3 is 11.0 Å². The summed E-state index contributed by atoms with van der Waals surface area (Å²) in [4.78, 5) is 55.3. The standard InChI is InChI=1S/C33H20Cl2F3N3O4S2/c34-22-10-4-9-21(26(22)35)24-25-27(30(44)41(29(25)43)20-8-3-7-18(14-20)33(36,37)38)46-31-28(24)47-32(45)40(31)15-23(42)39-19-12-11-16-5-1-2-6-17(16)13-19/h1-14,24-25,27H,15H2,(H,39,42)/t24-,25?,27?/m1/s1. The van der Waals surface area contributed by atoms with Crippen LogP contribution >= 0.6 is 46.3 Å². The molecular weight excluding hydrogens is 694 g/mol. The van der Waals surface area contributed by atoms with Crippen molar-refractivity contribution in [2.45, 2.75) is 28.9 Å². The second kappa shape index (κ2) is 11.9. The number of nitrogens with one attached hydrogen (secondary N) is 1. The van der Waals surface area contributed by atoms with Gasteiger partial charge in [0.15, 0.2) is 0 Å². The fourth-order valence-corrected chi connectivity index (χ4v) is 9.23. The number of hydrogen-bond acceptors (Lipinski definition) is 6. The van der Waals surface area contributed by atoms with E-state index >= 15 is 0 Å². The first-order valence-electron chi connectivity index (χ1n) is 14.1. The number of amides is 3. The van der Waals surface area contributed by atoms with Crippen LogP contribution in [-0.2, 0) is 27.1 Å². The zero-order valence-electron chi connectivity index (χ0n) is 23.8. The molecule has 7 rings (SSSR count). The molecule has 238 valence electrons. The van der Waals surface area contributed by atoms with E-state index in [1.807, 2.05) is 30.3 Å². The van der Waals surface area contributed by atoms with E-state index in [1.165, 1.54) is 10.6 Å². The van der Waals surface area contributed by atoms with E-state index in [9.17, 15) is 32.3 Å². The molecule has 0 bridgehead atoms. The van der Waals surface area contributed by atoms with Crippen LogP contribution < -0.4 is 15.1 Å². The van der Waals surface area contributed by atoms with Crippen molar-refractivity contribution in [3.05, 3.63) is 121 Å². The number of nitrogens with zero attached hydrogens (tertiary/aromatic N) is 2. The summed E-state index contributed by atoms with van der Waals surface area (Å²) in [6, 6.07) is 21.8. The van der Waals surface area contributed by atoms with Crippen molar-refractivity contribution in [3.8, 4) is 0 Å². The minimum Gasteiger partial charge on any atom is -0.325 e. The van der Waals surface area contributed by atoms with Gasteiger partial charge < -0.3 is 5.32 Å². The maximum absolute atomic E-state index is 14.1. The Morgan fingerprint density at radius 3 is 2.38 bits per heavy atom. The maximum Gasteiger partial charge on any atom is 0.416 e. The fourth-order valence-electron chi connectivity index (χ4n) is 6.04. The van der Waals surface area contributed by atoms with Crippen LogP contribution in [0, 0.1) is 5.92 Å². The lowest BCUT2D eigenvalue weighted by molar-refractivity contribution is -0.137. The third kappa shape index (κ3) is 5.52. The average molecular weight is 715 g/mol. The Hall–Kier alpha value is -4.10. The second-order valence-electron chi connectivity index (χ2n) is 11.0. The van der Waals surface area contributed by atoms with Crippen LogP contribution in [0.2, 0.25) is 10.0 Å². The van der Waals surface area contributed by atoms with E-state index in [0.717, 1.165) is 57.0 Å². The molecular formula is C33H20Cl2F3N3O4S2. The van der Waals surface area contributed by atoms with Crippen LogP contribution in [0.3, 0.4) is 0 Å². The number of aromatic nitrogens is 1. The molecule has 0 radical (unpaired) electrons. The van der Waals surface area contributed by atoms with Crippen molar-refractivity contribution in [1.82, 2.24) is 4.57 Å². The predicted octanol–water partition coefficient (Wildman–Crippen LogP) is 7.82. The van der Waals surface area contributed by atoms with E-state index in [4.69, 9.17) is 23.2 Å². The number of carbonyl (C=O) groups is 3. The van der Waals surface area contributed by atoms with Gasteiger partial charge in [-0.2, -0.15) is 13.2 Å². The topological polar surface area (TPSA) is 88.5 Å². The van der Waals surface area contributed by atoms with E-state index in [-0.39, 0.29) is 15.7 Å². The smallest absolute Gasteiger partial charge is 0.325 e. The number of rotatable bonds is 5. The Morgan fingerprint density at radius 2 is 1.62 bits per heavy atom. The van der Waals surface area contributed by atoms with Gasteiger partial charge in [0.2, 0.25) is 17.7 Å². The van der Waals surface area contributed by atoms with Gasteiger partial charge in [-0.25, -0.2) is 4.90 Å². The SMILES string of the molecule is O=C(Cn1c2c(sc1=O)[C@H](c1cccc(Cl)c1Cl)C1C(=O)N(c3cccc(C(F)(F)F)c3)C(=O)C1S2)Nc1ccc2ccccc2c1. The molecule has 2 aliphatic rings. The van der Waals surface area contributed by atoms with Gasteiger partial charge in [-0.05, 0) is 52.7 Å². The largest absolute Gasteiger partial charge is 0.416 e. The summed E-state index contributed by atoms with van der Waals surface area (Å²) in [6.07, 6.45) is -4.70. The summed E-state index contributed by atoms with van der Waals surface area (Å²) in [6.45, 7) is -0.392. The quantitative estimate of drug-likeness (QED) is 0.188. The highest BCUT2D eigenvalue weighted by Crippen LogP contribution is 2.55. The molecule has 0 saturated carbocycles. The van der Waals surface area contributed by atoms with Gasteiger partial charge in [0.05, 0.1) is 32.2 Å². The third-order valence-corrected chi connectivity index (χ3v) is 11.6. The number of alkyl halides is 3. The minimum absolute atomic E-state index is 0.106. The highest BCUT2D eigenvalue weighted by atomic mass is 35.5. The van der Waals surface area contributed by atoms with Crippen molar-refractivity contribution in [3.63, 3.8) is 0 Å². The molecule has 7 nitrogen and oxygen atoms in total. The number of anilines is 2. The Morgan fingerprint density at radius 1 is 0.872 bits per heavy atom. The molecule has 1 saturated heterocycles. The van der Waals surface area contributed by atoms with E-state index in [2.05, 4.69) is 5.32 Å². The van der Waals surface area contributed by atoms with Crippen LogP contribution in [0.5, 0.6) is 0 Å². The van der Waals surface area contributed by atoms with Gasteiger partial charge in [0.1, 0.15) is 11.8 Å². The molecule has 3 heterocycles. The fraction of sp³-hybridized carbons (Fsp3) is 0.152. The minimum atomic E-state index is -4.70. The van der Waals surface area contributed by atoms with E-state index < -0.39 is 58.0 Å². The molecule has 1 aromatic heterocycles. The van der Waals surface area contributed by atoms with Crippen molar-refractivity contribution in [2.75, 3.05) is 10.2 Å². The van der Waals surface area contributed by atoms with Crippen LogP contribution in [0.25, 0.3) is 10.8 Å². The van der Waals surface area contributed by atoms with Gasteiger partial charge in [-0.3, -0.25) is 23.7 Å². The molecule has 4 aromatic carbocycles. The zero-order valence-corrected chi connectivity index (χ0v) is 26.9. The molecule has 1 N–H and O–H groups in total. The first-order valence-corrected chi connectivity index (χ1v) is 16.6. The number of fused-ring (bicyclic) bond motifs is 3. The van der Waals surface area contributed by atoms with E-state index in [0.29, 0.717) is 21.2 Å². The summed E-state index contributed by atoms with van der Waals surface area (Å²) in [5.74, 6) is -4.05. The van der Waals surface area contributed by atoms with Crippen LogP contribution in [0.4, 0.5) is 24.5 Å². The highest BCUT2D eigenvalue weighted by Gasteiger charge is 2.57. The summed E-state index contributed by atoms with van der Waals surface area (Å²) >= 11 is 14.7. The maximum atomic E-state index is 14.1. The lowest BCUT2D eigenvalue weighted by atomic mass is 9.83. The van der Waals surface area contributed by atoms with Crippen molar-refractivity contribution in [2.24, 2.45) is 5.92 Å². The Balaban J connectivity index is 1.28. The van der Waals surface area contributed by atoms with Crippen LogP contribution in [0.1, 0.15) is 21.9 Å². The Kier molecular flexibility index (Phi) is 7.94. The number of carbonyl (C=O) groups excluding carboxylic acids is 3. The summed E-state index contributed by atoms with van der Waals surface area (Å²) in [7, 11) is 0. The van der Waals surface area contributed by atoms with Crippen molar-refractivity contribution in [1.29, 1.82) is 0 Å². The molecule has 14 heteroatoms. The van der Waals surface area contributed by atoms with Gasteiger partial charge in [-0.1, -0.05) is 94.8 Å². The lowest BCUT2D eigenvalue weighted by Gasteiger charge is -2.31. The van der Waals surface area contributed by atoms with Crippen molar-refractivity contribution >= 4 is 86.2 Å². The Bertz CT molecular complexity index is 2180. The molecule has 5 aromatic rings. The molecule has 0 spiro atoms. The average Bonchev–Trinajstić information content (AvgIpc) is 3.48. The molecule has 2 aliphatic heterocycles. The molecule has 1 fully saturated rings. The van der Waals surface area contributed by atoms with Crippen LogP contribution in [-0.4, -0.2) is 27.5 Å². The molecule has 3 atom stereocenters. The lowest BCUT2D eigenvalue weighted by Crippen LogP contribution is -2.33. The number of halogens is 5. The summed E-state index contributed by atoms with van der Waals surface area (Å²) < 4.78 is 41.9. The normalized spacial score (nSPS) is 19.2. The number of thiazole rings is 1. The van der Waals surface area contributed by atoms with Gasteiger partial charge in [-0.15, -0.1) is 0 Å². The predicted molar refractivity (Wildman–Crippen MR) is 177 cm³/mol. The van der Waals surface area contributed by atoms with Crippen LogP contribution in [0.15, 0.2) is 94.7 Å². The highest BCUT2D eigenvalue weighted by molar-refractivity contribution is 8.00. The van der Waals surface area contributed by atoms with Gasteiger partial charge in [0, 0.05) is 16.5 Å². The monoisotopic (exact) mass is 713 g/mol. The molecule has 3 amide bonds. The number of thioether (sulfide) groups is 1. The molecule has 0 aliphatic carbocycles. The van der Waals surface area contributed by atoms with Gasteiger partial charge in [0.25, 0.3) is 0 Å². The zero-order chi connectivity index (χ0) is 33.2. The summed E-state index contributed by atoms with van der Waals surface area (Å²) in [5.41, 5.74) is -0.346. The van der Waals surface area contributed by atoms with Crippen molar-refractivity contribution < 1.29 is 27.6 Å². The van der Waals surface area contributed by atoms with E-state index in [1.54, 1.807) is 30.3 Å². The number of hydrogen-bond donors (Lipinski definition) is 1. The molecule has 2 unspecified atom stereocenters. The summed E-state index contributed by atoms with van der Waals surface area (Å²) in [5, 5.41) is 4.15. The molecule has 47 heavy (non-hydrogen) atoms. The number of benzene rings is 4. The Labute approximate surface area is 282 Å². The second-order valence-corrected chi connectivity index (χ2v) is 13.9. The first-order chi connectivity index (χ1) is 22.4. The third-order valence-electron chi connectivity index (χ3n) is 8.13. The first kappa shape index (κ1) is 31.5. The number of imide groups is 1.